The van der Waals surface area contributed by atoms with Crippen LogP contribution < -0.4 is 0 Å². The smallest absolute Gasteiger partial charge is 0.159 e. The molecule has 2 aromatic carbocycles. The van der Waals surface area contributed by atoms with Crippen LogP contribution in [0.2, 0.25) is 0 Å². The van der Waals surface area contributed by atoms with Crippen molar-refractivity contribution in [1.29, 1.82) is 0 Å². The molecule has 1 N–H and O–H groups in total. The van der Waals surface area contributed by atoms with E-state index in [0.29, 0.717) is 17.4 Å². The van der Waals surface area contributed by atoms with Crippen molar-refractivity contribution in [1.82, 2.24) is 0 Å². The fourth-order valence-corrected chi connectivity index (χ4v) is 1.50. The lowest BCUT2D eigenvalue weighted by molar-refractivity contribution is 0.112. The van der Waals surface area contributed by atoms with Gasteiger partial charge in [-0.25, -0.2) is 8.78 Å². The number of carbonyl (C=O) groups is 1. The summed E-state index contributed by atoms with van der Waals surface area (Å²) < 4.78 is 25.8. The van der Waals surface area contributed by atoms with Gasteiger partial charge in [-0.1, -0.05) is 12.1 Å². The van der Waals surface area contributed by atoms with Crippen LogP contribution >= 0.6 is 0 Å². The van der Waals surface area contributed by atoms with Crippen LogP contribution in [0.15, 0.2) is 36.4 Å². The number of carbonyl (C=O) groups excluding carboxylic acids is 1. The SMILES string of the molecule is O=Cc1ccc(-c2ccc(F)c(F)c2)cc1O. The Balaban J connectivity index is 2.49. The van der Waals surface area contributed by atoms with Crippen molar-refractivity contribution in [2.75, 3.05) is 0 Å². The Morgan fingerprint density at radius 2 is 1.59 bits per heavy atom. The minimum absolute atomic E-state index is 0.149. The zero-order valence-electron chi connectivity index (χ0n) is 8.65. The lowest BCUT2D eigenvalue weighted by Gasteiger charge is -2.04. The molecule has 0 radical (unpaired) electrons. The molecule has 0 fully saturated rings. The molecular formula is C13H8F2O2. The first-order valence-corrected chi connectivity index (χ1v) is 4.85. The van der Waals surface area contributed by atoms with Crippen LogP contribution in [0.4, 0.5) is 8.78 Å². The van der Waals surface area contributed by atoms with Crippen LogP contribution in [0.1, 0.15) is 10.4 Å². The Kier molecular flexibility index (Phi) is 2.87. The summed E-state index contributed by atoms with van der Waals surface area (Å²) >= 11 is 0. The number of aromatic hydroxyl groups is 1. The van der Waals surface area contributed by atoms with E-state index in [1.54, 1.807) is 6.07 Å². The Morgan fingerprint density at radius 3 is 2.18 bits per heavy atom. The van der Waals surface area contributed by atoms with Crippen molar-refractivity contribution >= 4 is 6.29 Å². The van der Waals surface area contributed by atoms with Crippen molar-refractivity contribution in [3.05, 3.63) is 53.6 Å². The zero-order valence-corrected chi connectivity index (χ0v) is 8.65. The first-order chi connectivity index (χ1) is 8.11. The molecule has 0 heterocycles. The molecule has 0 spiro atoms. The van der Waals surface area contributed by atoms with Crippen LogP contribution in [-0.4, -0.2) is 11.4 Å². The van der Waals surface area contributed by atoms with Crippen molar-refractivity contribution in [3.63, 3.8) is 0 Å². The van der Waals surface area contributed by atoms with Crippen LogP contribution in [-0.2, 0) is 0 Å². The summed E-state index contributed by atoms with van der Waals surface area (Å²) in [7, 11) is 0. The van der Waals surface area contributed by atoms with Gasteiger partial charge in [0.05, 0.1) is 5.56 Å². The summed E-state index contributed by atoms with van der Waals surface area (Å²) in [5.41, 5.74) is 1.08. The van der Waals surface area contributed by atoms with Crippen LogP contribution in [0.25, 0.3) is 11.1 Å². The normalized spacial score (nSPS) is 10.2. The molecule has 86 valence electrons. The molecule has 2 aromatic rings. The predicted octanol–water partition coefficient (Wildman–Crippen LogP) is 3.15. The van der Waals surface area contributed by atoms with Gasteiger partial charge in [0.15, 0.2) is 17.9 Å². The van der Waals surface area contributed by atoms with Gasteiger partial charge in [-0.2, -0.15) is 0 Å². The third kappa shape index (κ3) is 2.15. The van der Waals surface area contributed by atoms with Gasteiger partial charge < -0.3 is 5.11 Å². The summed E-state index contributed by atoms with van der Waals surface area (Å²) in [5, 5.41) is 9.48. The Morgan fingerprint density at radius 1 is 0.941 bits per heavy atom. The number of phenols is 1. The van der Waals surface area contributed by atoms with Crippen molar-refractivity contribution in [3.8, 4) is 16.9 Å². The van der Waals surface area contributed by atoms with E-state index in [4.69, 9.17) is 0 Å². The molecule has 4 heteroatoms. The van der Waals surface area contributed by atoms with Crippen molar-refractivity contribution < 1.29 is 18.7 Å². The summed E-state index contributed by atoms with van der Waals surface area (Å²) in [6.45, 7) is 0. The van der Waals surface area contributed by atoms with E-state index in [2.05, 4.69) is 0 Å². The first-order valence-electron chi connectivity index (χ1n) is 4.85. The molecule has 0 bridgehead atoms. The van der Waals surface area contributed by atoms with Crippen LogP contribution in [0.5, 0.6) is 5.75 Å². The predicted molar refractivity (Wildman–Crippen MR) is 58.8 cm³/mol. The number of benzene rings is 2. The average Bonchev–Trinajstić information content (AvgIpc) is 2.32. The maximum absolute atomic E-state index is 13.0. The average molecular weight is 234 g/mol. The second-order valence-corrected chi connectivity index (χ2v) is 3.52. The topological polar surface area (TPSA) is 37.3 Å². The molecule has 0 aliphatic carbocycles. The lowest BCUT2D eigenvalue weighted by Crippen LogP contribution is -1.87. The second-order valence-electron chi connectivity index (χ2n) is 3.52. The van der Waals surface area contributed by atoms with Gasteiger partial charge in [0.1, 0.15) is 5.75 Å². The molecular weight excluding hydrogens is 226 g/mol. The quantitative estimate of drug-likeness (QED) is 0.810. The van der Waals surface area contributed by atoms with Crippen molar-refractivity contribution in [2.24, 2.45) is 0 Å². The van der Waals surface area contributed by atoms with Gasteiger partial charge in [-0.15, -0.1) is 0 Å². The molecule has 0 aromatic heterocycles. The molecule has 0 atom stereocenters. The maximum Gasteiger partial charge on any atom is 0.159 e. The van der Waals surface area contributed by atoms with Gasteiger partial charge in [-0.05, 0) is 35.4 Å². The second kappa shape index (κ2) is 4.33. The van der Waals surface area contributed by atoms with Gasteiger partial charge in [0.2, 0.25) is 0 Å². The number of rotatable bonds is 2. The first kappa shape index (κ1) is 11.3. The van der Waals surface area contributed by atoms with E-state index < -0.39 is 11.6 Å². The molecule has 17 heavy (non-hydrogen) atoms. The van der Waals surface area contributed by atoms with Gasteiger partial charge in [-0.3, -0.25) is 4.79 Å². The molecule has 0 amide bonds. The maximum atomic E-state index is 13.0. The molecule has 0 aliphatic rings. The standard InChI is InChI=1S/C13H8F2O2/c14-11-4-3-8(5-12(11)15)9-1-2-10(7-16)13(17)6-9/h1-7,17H. The molecule has 0 saturated heterocycles. The van der Waals surface area contributed by atoms with E-state index in [0.717, 1.165) is 12.1 Å². The zero-order chi connectivity index (χ0) is 12.4. The van der Waals surface area contributed by atoms with Gasteiger partial charge in [0.25, 0.3) is 0 Å². The minimum Gasteiger partial charge on any atom is -0.507 e. The number of hydrogen-bond donors (Lipinski definition) is 1. The highest BCUT2D eigenvalue weighted by Crippen LogP contribution is 2.26. The lowest BCUT2D eigenvalue weighted by atomic mass is 10.0. The highest BCUT2D eigenvalue weighted by atomic mass is 19.2. The fraction of sp³-hybridized carbons (Fsp3) is 0. The number of hydrogen-bond acceptors (Lipinski definition) is 2. The van der Waals surface area contributed by atoms with Gasteiger partial charge in [0, 0.05) is 0 Å². The van der Waals surface area contributed by atoms with E-state index in [1.165, 1.54) is 18.2 Å². The Bertz CT molecular complexity index is 580. The summed E-state index contributed by atoms with van der Waals surface area (Å²) in [5.74, 6) is -2.08. The fourth-order valence-electron chi connectivity index (χ4n) is 1.50. The third-order valence-corrected chi connectivity index (χ3v) is 2.41. The largest absolute Gasteiger partial charge is 0.507 e. The van der Waals surface area contributed by atoms with E-state index in [1.807, 2.05) is 0 Å². The van der Waals surface area contributed by atoms with Crippen LogP contribution in [0.3, 0.4) is 0 Å². The van der Waals surface area contributed by atoms with Crippen LogP contribution in [0, 0.1) is 11.6 Å². The molecule has 2 rings (SSSR count). The number of aldehydes is 1. The molecule has 2 nitrogen and oxygen atoms in total. The number of phenolic OH excluding ortho intramolecular Hbond substituents is 1. The Hall–Kier alpha value is -2.23. The minimum atomic E-state index is -0.957. The number of halogens is 2. The molecule has 0 aliphatic heterocycles. The van der Waals surface area contributed by atoms with E-state index in [-0.39, 0.29) is 11.3 Å². The summed E-state index contributed by atoms with van der Waals surface area (Å²) in [6.07, 6.45) is 0.518. The monoisotopic (exact) mass is 234 g/mol. The van der Waals surface area contributed by atoms with E-state index >= 15 is 0 Å². The summed E-state index contributed by atoms with van der Waals surface area (Å²) in [6, 6.07) is 7.74. The van der Waals surface area contributed by atoms with Gasteiger partial charge >= 0.3 is 0 Å². The highest BCUT2D eigenvalue weighted by molar-refractivity contribution is 5.81. The highest BCUT2D eigenvalue weighted by Gasteiger charge is 2.07. The summed E-state index contributed by atoms with van der Waals surface area (Å²) in [4.78, 5) is 10.5. The van der Waals surface area contributed by atoms with E-state index in [9.17, 15) is 18.7 Å². The molecule has 0 saturated carbocycles. The molecule has 0 unspecified atom stereocenters. The third-order valence-electron chi connectivity index (χ3n) is 2.41. The van der Waals surface area contributed by atoms with Crippen molar-refractivity contribution in [2.45, 2.75) is 0 Å². The Labute approximate surface area is 96.1 Å².